The molecule has 0 saturated carbocycles. The van der Waals surface area contributed by atoms with Crippen molar-refractivity contribution in [3.8, 4) is 0 Å². The van der Waals surface area contributed by atoms with Crippen LogP contribution in [0.3, 0.4) is 0 Å². The fourth-order valence-electron chi connectivity index (χ4n) is 2.25. The monoisotopic (exact) mass is 398 g/mol. The molecule has 0 aromatic heterocycles. The average molecular weight is 399 g/mol. The van der Waals surface area contributed by atoms with Crippen LogP contribution in [0.2, 0.25) is 0 Å². The fraction of sp³-hybridized carbons (Fsp3) is 0.304. The maximum absolute atomic E-state index is 11.9. The minimum Gasteiger partial charge on any atom is -0.293 e. The van der Waals surface area contributed by atoms with Crippen molar-refractivity contribution in [3.63, 3.8) is 0 Å². The molecule has 0 spiro atoms. The largest absolute Gasteiger partial charge is 0.293 e. The van der Waals surface area contributed by atoms with Crippen molar-refractivity contribution in [2.24, 2.45) is 4.99 Å². The quantitative estimate of drug-likeness (QED) is 0.711. The first kappa shape index (κ1) is 23.5. The van der Waals surface area contributed by atoms with Gasteiger partial charge in [-0.1, -0.05) is 55.0 Å². The average Bonchev–Trinajstić information content (AvgIpc) is 2.73. The molecule has 2 rings (SSSR count). The summed E-state index contributed by atoms with van der Waals surface area (Å²) < 4.78 is 14.4. The number of amides is 1. The molecule has 0 saturated heterocycles. The van der Waals surface area contributed by atoms with E-state index in [0.29, 0.717) is 11.3 Å². The van der Waals surface area contributed by atoms with E-state index in [-0.39, 0.29) is 5.91 Å². The lowest BCUT2D eigenvalue weighted by Gasteiger charge is -2.09. The van der Waals surface area contributed by atoms with Crippen molar-refractivity contribution in [3.05, 3.63) is 71.3 Å². The first-order chi connectivity index (χ1) is 13.3. The van der Waals surface area contributed by atoms with Gasteiger partial charge in [-0.05, 0) is 56.5 Å². The number of benzene rings is 2. The molecule has 0 fully saturated rings. The summed E-state index contributed by atoms with van der Waals surface area (Å²) in [5, 5.41) is 0. The van der Waals surface area contributed by atoms with Crippen LogP contribution in [0.5, 0.6) is 0 Å². The van der Waals surface area contributed by atoms with Crippen LogP contribution in [0, 0.1) is 6.92 Å². The second-order valence-corrected chi connectivity index (χ2v) is 7.60. The predicted octanol–water partition coefficient (Wildman–Crippen LogP) is 5.11. The zero-order valence-corrected chi connectivity index (χ0v) is 18.4. The van der Waals surface area contributed by atoms with Gasteiger partial charge in [0.2, 0.25) is 5.91 Å². The third kappa shape index (κ3) is 7.61. The van der Waals surface area contributed by atoms with E-state index >= 15 is 0 Å². The second-order valence-electron chi connectivity index (χ2n) is 6.39. The minimum atomic E-state index is -1.50. The Bertz CT molecular complexity index is 854. The maximum Gasteiger partial charge on any atom is 0.231 e. The van der Waals surface area contributed by atoms with E-state index in [1.54, 1.807) is 26.1 Å². The molecule has 0 radical (unpaired) electrons. The van der Waals surface area contributed by atoms with Crippen LogP contribution in [0.25, 0.3) is 5.57 Å². The van der Waals surface area contributed by atoms with Crippen LogP contribution in [0.15, 0.2) is 70.1 Å². The van der Waals surface area contributed by atoms with Crippen molar-refractivity contribution in [1.82, 2.24) is 4.72 Å². The molecular weight excluding hydrogens is 368 g/mol. The van der Waals surface area contributed by atoms with Gasteiger partial charge in [-0.2, -0.15) is 0 Å². The lowest BCUT2D eigenvalue weighted by Crippen LogP contribution is -2.24. The van der Waals surface area contributed by atoms with Gasteiger partial charge in [0.25, 0.3) is 0 Å². The van der Waals surface area contributed by atoms with E-state index in [2.05, 4.69) is 28.8 Å². The van der Waals surface area contributed by atoms with Crippen LogP contribution in [0.1, 0.15) is 45.2 Å². The van der Waals surface area contributed by atoms with Crippen LogP contribution in [-0.4, -0.2) is 22.9 Å². The third-order valence-corrected chi connectivity index (χ3v) is 5.52. The number of hydrogen-bond acceptors (Lipinski definition) is 3. The number of nitrogens with zero attached hydrogens (tertiary/aromatic N) is 1. The van der Waals surface area contributed by atoms with Crippen LogP contribution >= 0.6 is 0 Å². The van der Waals surface area contributed by atoms with E-state index in [1.165, 1.54) is 5.56 Å². The number of aliphatic imine (C=N–C) groups is 1. The zero-order valence-electron chi connectivity index (χ0n) is 17.6. The Labute approximate surface area is 171 Å². The third-order valence-electron chi connectivity index (χ3n) is 4.41. The number of aryl methyl sites for hydroxylation is 1. The molecule has 0 aliphatic carbocycles. The highest BCUT2D eigenvalue weighted by atomic mass is 32.2. The Morgan fingerprint density at radius 3 is 2.00 bits per heavy atom. The van der Waals surface area contributed by atoms with Crippen LogP contribution in [-0.2, 0) is 15.8 Å². The Kier molecular flexibility index (Phi) is 10.1. The molecule has 150 valence electrons. The highest BCUT2D eigenvalue weighted by Gasteiger charge is 2.08. The molecule has 0 aliphatic rings. The fourth-order valence-corrected chi connectivity index (χ4v) is 3.11. The summed E-state index contributed by atoms with van der Waals surface area (Å²) >= 11 is 0. The second kappa shape index (κ2) is 12.0. The molecule has 2 aromatic rings. The number of carbonyl (C=O) groups is 1. The van der Waals surface area contributed by atoms with E-state index in [9.17, 15) is 9.00 Å². The minimum absolute atomic E-state index is 0.223. The molecular formula is C23H30N2O2S. The predicted molar refractivity (Wildman–Crippen MR) is 120 cm³/mol. The van der Waals surface area contributed by atoms with E-state index in [4.69, 9.17) is 0 Å². The first-order valence-electron chi connectivity index (χ1n) is 9.24. The lowest BCUT2D eigenvalue weighted by molar-refractivity contribution is -0.118. The van der Waals surface area contributed by atoms with Crippen LogP contribution < -0.4 is 4.72 Å². The van der Waals surface area contributed by atoms with Crippen LogP contribution in [0.4, 0.5) is 0 Å². The van der Waals surface area contributed by atoms with Crippen molar-refractivity contribution < 1.29 is 9.00 Å². The lowest BCUT2D eigenvalue weighted by atomic mass is 10.00. The summed E-state index contributed by atoms with van der Waals surface area (Å²) in [4.78, 5) is 16.0. The number of hydrogen-bond donors (Lipinski definition) is 1. The molecule has 2 aromatic carbocycles. The molecule has 5 heteroatoms. The van der Waals surface area contributed by atoms with Gasteiger partial charge in [0, 0.05) is 19.2 Å². The van der Waals surface area contributed by atoms with Gasteiger partial charge in [0.1, 0.15) is 0 Å². The summed E-state index contributed by atoms with van der Waals surface area (Å²) in [5.41, 5.74) is 5.63. The summed E-state index contributed by atoms with van der Waals surface area (Å²) in [5.74, 6) is -0.223. The molecule has 0 bridgehead atoms. The molecule has 0 aliphatic heterocycles. The molecule has 4 nitrogen and oxygen atoms in total. The number of nitrogens with one attached hydrogen (secondary N) is 1. The highest BCUT2D eigenvalue weighted by Crippen LogP contribution is 2.20. The van der Waals surface area contributed by atoms with Crippen molar-refractivity contribution in [1.29, 1.82) is 0 Å². The summed E-state index contributed by atoms with van der Waals surface area (Å²) in [6.07, 6.45) is 0.320. The number of carbonyl (C=O) groups excluding carboxylic acids is 1. The Morgan fingerprint density at radius 2 is 1.57 bits per heavy atom. The van der Waals surface area contributed by atoms with E-state index < -0.39 is 11.0 Å². The summed E-state index contributed by atoms with van der Waals surface area (Å²) in [6.45, 7) is 9.85. The standard InChI is InChI=1S/C16H22N2O2S.C7H8/c1-6-16(19)18-21(20)15-9-7-14(8-10-15)12(3)11(2)13(4)17-5;1-7-5-3-2-4-6-7/h7-10H,6H2,1-5H3,(H,18,19);2-6H,1H3/b12-11+,17-13?;. The van der Waals surface area contributed by atoms with Gasteiger partial charge in [0.15, 0.2) is 11.0 Å². The Morgan fingerprint density at radius 1 is 1.00 bits per heavy atom. The molecule has 0 heterocycles. The van der Waals surface area contributed by atoms with Gasteiger partial charge >= 0.3 is 0 Å². The van der Waals surface area contributed by atoms with E-state index in [0.717, 1.165) is 22.4 Å². The summed E-state index contributed by atoms with van der Waals surface area (Å²) in [7, 11) is 0.277. The SMILES string of the molecule is CCC(=O)NS(=O)c1ccc(/C(C)=C(\C)C(C)=NC)cc1.Cc1ccccc1. The van der Waals surface area contributed by atoms with Gasteiger partial charge < -0.3 is 0 Å². The zero-order chi connectivity index (χ0) is 21.1. The van der Waals surface area contributed by atoms with Gasteiger partial charge in [-0.25, -0.2) is 4.21 Å². The molecule has 28 heavy (non-hydrogen) atoms. The van der Waals surface area contributed by atoms with Gasteiger partial charge in [-0.3, -0.25) is 14.5 Å². The highest BCUT2D eigenvalue weighted by molar-refractivity contribution is 7.83. The number of allylic oxidation sites excluding steroid dienone is 2. The van der Waals surface area contributed by atoms with E-state index in [1.807, 2.05) is 51.1 Å². The smallest absolute Gasteiger partial charge is 0.231 e. The topological polar surface area (TPSA) is 58.5 Å². The molecule has 1 unspecified atom stereocenters. The first-order valence-corrected chi connectivity index (χ1v) is 10.4. The Balaban J connectivity index is 0.000000467. The maximum atomic E-state index is 11.9. The van der Waals surface area contributed by atoms with Crippen molar-refractivity contribution >= 4 is 28.2 Å². The van der Waals surface area contributed by atoms with Crippen molar-refractivity contribution in [2.75, 3.05) is 7.05 Å². The molecule has 1 amide bonds. The molecule has 1 N–H and O–H groups in total. The normalized spacial score (nSPS) is 13.0. The summed E-state index contributed by atoms with van der Waals surface area (Å²) in [6, 6.07) is 17.6. The molecule has 1 atom stereocenters. The Hall–Kier alpha value is -2.53. The van der Waals surface area contributed by atoms with Crippen molar-refractivity contribution in [2.45, 2.75) is 45.9 Å². The van der Waals surface area contributed by atoms with Gasteiger partial charge in [-0.15, -0.1) is 0 Å². The van der Waals surface area contributed by atoms with Gasteiger partial charge in [0.05, 0.1) is 4.90 Å². The number of rotatable bonds is 5.